The van der Waals surface area contributed by atoms with Crippen LogP contribution in [0.2, 0.25) is 0 Å². The van der Waals surface area contributed by atoms with E-state index >= 15 is 0 Å². The zero-order chi connectivity index (χ0) is 23.8. The van der Waals surface area contributed by atoms with Crippen molar-refractivity contribution >= 4 is 21.6 Å². The van der Waals surface area contributed by atoms with Crippen LogP contribution in [-0.4, -0.2) is 38.3 Å². The van der Waals surface area contributed by atoms with Gasteiger partial charge in [-0.2, -0.15) is 4.31 Å². The molecule has 0 aromatic heterocycles. The molecule has 0 saturated carbocycles. The van der Waals surface area contributed by atoms with E-state index in [1.165, 1.54) is 5.56 Å². The van der Waals surface area contributed by atoms with Crippen molar-refractivity contribution < 1.29 is 17.9 Å². The fraction of sp³-hybridized carbons (Fsp3) is 0.296. The minimum Gasteiger partial charge on any atom is -0.492 e. The molecule has 0 spiro atoms. The first-order chi connectivity index (χ1) is 16.5. The Morgan fingerprint density at radius 2 is 1.47 bits per heavy atom. The largest absolute Gasteiger partial charge is 0.492 e. The lowest BCUT2D eigenvalue weighted by molar-refractivity contribution is 0.102. The number of ether oxygens (including phenoxy) is 1. The van der Waals surface area contributed by atoms with Crippen LogP contribution in [0.3, 0.4) is 0 Å². The van der Waals surface area contributed by atoms with Gasteiger partial charge < -0.3 is 10.1 Å². The van der Waals surface area contributed by atoms with Gasteiger partial charge in [-0.3, -0.25) is 4.79 Å². The quantitative estimate of drug-likeness (QED) is 0.487. The number of carbonyl (C=O) groups excluding carboxylic acids is 1. The molecule has 1 amide bonds. The summed E-state index contributed by atoms with van der Waals surface area (Å²) in [6, 6.07) is 23.5. The smallest absolute Gasteiger partial charge is 0.259 e. The number of benzene rings is 3. The van der Waals surface area contributed by atoms with Gasteiger partial charge in [0, 0.05) is 25.2 Å². The first-order valence-electron chi connectivity index (χ1n) is 11.7. The molecule has 7 heteroatoms. The lowest BCUT2D eigenvalue weighted by Crippen LogP contribution is -2.31. The minimum absolute atomic E-state index is 0.247. The number of para-hydroxylation sites is 1. The van der Waals surface area contributed by atoms with Gasteiger partial charge in [-0.05, 0) is 54.8 Å². The Labute approximate surface area is 201 Å². The van der Waals surface area contributed by atoms with E-state index in [0.717, 1.165) is 32.1 Å². The normalized spacial score (nSPS) is 14.8. The molecule has 1 heterocycles. The SMILES string of the molecule is O=C(Nc1ccc(S(=O)(=O)N2CCCCCC2)cc1)c1ccccc1OCCc1ccccc1. The lowest BCUT2D eigenvalue weighted by Gasteiger charge is -2.20. The molecular weight excluding hydrogens is 448 g/mol. The second-order valence-corrected chi connectivity index (χ2v) is 10.3. The molecule has 1 aliphatic rings. The van der Waals surface area contributed by atoms with Crippen molar-refractivity contribution in [3.63, 3.8) is 0 Å². The van der Waals surface area contributed by atoms with Crippen molar-refractivity contribution in [3.8, 4) is 5.75 Å². The van der Waals surface area contributed by atoms with Crippen molar-refractivity contribution in [1.82, 2.24) is 4.31 Å². The summed E-state index contributed by atoms with van der Waals surface area (Å²) in [4.78, 5) is 13.2. The Morgan fingerprint density at radius 3 is 2.18 bits per heavy atom. The van der Waals surface area contributed by atoms with Gasteiger partial charge in [0.2, 0.25) is 10.0 Å². The Balaban J connectivity index is 1.40. The van der Waals surface area contributed by atoms with Crippen LogP contribution < -0.4 is 10.1 Å². The molecule has 0 radical (unpaired) electrons. The molecule has 0 bridgehead atoms. The molecule has 4 rings (SSSR count). The van der Waals surface area contributed by atoms with Crippen LogP contribution >= 0.6 is 0 Å². The molecule has 6 nitrogen and oxygen atoms in total. The van der Waals surface area contributed by atoms with Crippen LogP contribution in [-0.2, 0) is 16.4 Å². The molecule has 1 saturated heterocycles. The molecule has 178 valence electrons. The summed E-state index contributed by atoms with van der Waals surface area (Å²) in [5.41, 5.74) is 2.12. The second kappa shape index (κ2) is 11.3. The average Bonchev–Trinajstić information content (AvgIpc) is 3.16. The molecule has 0 atom stereocenters. The number of rotatable bonds is 8. The zero-order valence-electron chi connectivity index (χ0n) is 19.2. The highest BCUT2D eigenvalue weighted by molar-refractivity contribution is 7.89. The van der Waals surface area contributed by atoms with Crippen molar-refractivity contribution in [2.45, 2.75) is 37.0 Å². The van der Waals surface area contributed by atoms with E-state index in [1.54, 1.807) is 46.8 Å². The van der Waals surface area contributed by atoms with Crippen LogP contribution in [0.5, 0.6) is 5.75 Å². The first-order valence-corrected chi connectivity index (χ1v) is 13.2. The Bertz CT molecular complexity index is 1190. The minimum atomic E-state index is -3.52. The third-order valence-electron chi connectivity index (χ3n) is 5.94. The van der Waals surface area contributed by atoms with Crippen LogP contribution in [0, 0.1) is 0 Å². The summed E-state index contributed by atoms with van der Waals surface area (Å²) < 4.78 is 33.4. The fourth-order valence-electron chi connectivity index (χ4n) is 4.04. The van der Waals surface area contributed by atoms with E-state index in [9.17, 15) is 13.2 Å². The van der Waals surface area contributed by atoms with Crippen LogP contribution in [0.4, 0.5) is 5.69 Å². The summed E-state index contributed by atoms with van der Waals surface area (Å²) >= 11 is 0. The van der Waals surface area contributed by atoms with Crippen molar-refractivity contribution in [1.29, 1.82) is 0 Å². The monoisotopic (exact) mass is 478 g/mol. The predicted octanol–water partition coefficient (Wildman–Crippen LogP) is 5.13. The van der Waals surface area contributed by atoms with E-state index < -0.39 is 10.0 Å². The molecular formula is C27H30N2O4S. The van der Waals surface area contributed by atoms with Crippen molar-refractivity contribution in [2.24, 2.45) is 0 Å². The van der Waals surface area contributed by atoms with Crippen LogP contribution in [0.25, 0.3) is 0 Å². The summed E-state index contributed by atoms with van der Waals surface area (Å²) in [6.45, 7) is 1.57. The molecule has 3 aromatic rings. The number of sulfonamides is 1. The number of nitrogens with one attached hydrogen (secondary N) is 1. The summed E-state index contributed by atoms with van der Waals surface area (Å²) in [6.07, 6.45) is 4.65. The number of hydrogen-bond acceptors (Lipinski definition) is 4. The van der Waals surface area contributed by atoms with Gasteiger partial charge in [0.25, 0.3) is 5.91 Å². The maximum atomic E-state index is 13.0. The molecule has 0 unspecified atom stereocenters. The number of hydrogen-bond donors (Lipinski definition) is 1. The summed E-state index contributed by atoms with van der Waals surface area (Å²) in [7, 11) is -3.52. The highest BCUT2D eigenvalue weighted by atomic mass is 32.2. The molecule has 3 aromatic carbocycles. The third kappa shape index (κ3) is 6.04. The van der Waals surface area contributed by atoms with Crippen LogP contribution in [0.1, 0.15) is 41.6 Å². The second-order valence-electron chi connectivity index (χ2n) is 8.38. The van der Waals surface area contributed by atoms with E-state index in [4.69, 9.17) is 4.74 Å². The fourth-order valence-corrected chi connectivity index (χ4v) is 5.56. The van der Waals surface area contributed by atoms with Gasteiger partial charge in [-0.1, -0.05) is 55.3 Å². The number of nitrogens with zero attached hydrogens (tertiary/aromatic N) is 1. The third-order valence-corrected chi connectivity index (χ3v) is 7.85. The Hall–Kier alpha value is -3.16. The Morgan fingerprint density at radius 1 is 0.824 bits per heavy atom. The highest BCUT2D eigenvalue weighted by Crippen LogP contribution is 2.23. The first kappa shape index (κ1) is 24.0. The number of anilines is 1. The van der Waals surface area contributed by atoms with Crippen molar-refractivity contribution in [3.05, 3.63) is 90.0 Å². The molecule has 34 heavy (non-hydrogen) atoms. The number of carbonyl (C=O) groups is 1. The van der Waals surface area contributed by atoms with Gasteiger partial charge >= 0.3 is 0 Å². The van der Waals surface area contributed by atoms with Gasteiger partial charge in [-0.15, -0.1) is 0 Å². The molecule has 1 aliphatic heterocycles. The highest BCUT2D eigenvalue weighted by Gasteiger charge is 2.25. The molecule has 1 N–H and O–H groups in total. The average molecular weight is 479 g/mol. The topological polar surface area (TPSA) is 75.7 Å². The number of amides is 1. The van der Waals surface area contributed by atoms with Crippen molar-refractivity contribution in [2.75, 3.05) is 25.0 Å². The summed E-state index contributed by atoms with van der Waals surface area (Å²) in [5, 5.41) is 2.85. The maximum Gasteiger partial charge on any atom is 0.259 e. The van der Waals surface area contributed by atoms with E-state index in [0.29, 0.717) is 36.7 Å². The van der Waals surface area contributed by atoms with E-state index in [-0.39, 0.29) is 10.8 Å². The maximum absolute atomic E-state index is 13.0. The predicted molar refractivity (Wildman–Crippen MR) is 134 cm³/mol. The summed E-state index contributed by atoms with van der Waals surface area (Å²) in [5.74, 6) is 0.203. The lowest BCUT2D eigenvalue weighted by atomic mass is 10.1. The van der Waals surface area contributed by atoms with Gasteiger partial charge in [0.15, 0.2) is 0 Å². The molecule has 1 fully saturated rings. The molecule has 0 aliphatic carbocycles. The van der Waals surface area contributed by atoms with E-state index in [2.05, 4.69) is 5.32 Å². The van der Waals surface area contributed by atoms with Crippen LogP contribution in [0.15, 0.2) is 83.8 Å². The van der Waals surface area contributed by atoms with Gasteiger partial charge in [0.05, 0.1) is 17.1 Å². The van der Waals surface area contributed by atoms with E-state index in [1.807, 2.05) is 36.4 Å². The van der Waals surface area contributed by atoms with Gasteiger partial charge in [-0.25, -0.2) is 8.42 Å². The Kier molecular flexibility index (Phi) is 7.98. The zero-order valence-corrected chi connectivity index (χ0v) is 20.0. The van der Waals surface area contributed by atoms with Gasteiger partial charge in [0.1, 0.15) is 5.75 Å². The standard InChI is InChI=1S/C27H30N2O4S/c30-27(25-12-6-7-13-26(25)33-21-18-22-10-4-3-5-11-22)28-23-14-16-24(17-15-23)34(31,32)29-19-8-1-2-9-20-29/h3-7,10-17H,1-2,8-9,18-21H2,(H,28,30).